The number of nitrogens with zero attached hydrogens (tertiary/aromatic N) is 1. The van der Waals surface area contributed by atoms with Gasteiger partial charge in [0, 0.05) is 13.0 Å². The average molecular weight is 226 g/mol. The Balaban J connectivity index is 2.26. The van der Waals surface area contributed by atoms with Crippen LogP contribution in [-0.4, -0.2) is 22.6 Å². The molecule has 0 spiro atoms. The molecule has 1 rings (SSSR count). The summed E-state index contributed by atoms with van der Waals surface area (Å²) in [5.74, 6) is 1.27. The van der Waals surface area contributed by atoms with E-state index in [-0.39, 0.29) is 12.5 Å². The van der Waals surface area contributed by atoms with E-state index < -0.39 is 0 Å². The zero-order valence-corrected chi connectivity index (χ0v) is 9.75. The Labute approximate surface area is 94.9 Å². The van der Waals surface area contributed by atoms with Crippen LogP contribution in [0.4, 0.5) is 0 Å². The normalized spacial score (nSPS) is 10.4. The van der Waals surface area contributed by atoms with Crippen LogP contribution in [0.15, 0.2) is 4.42 Å². The molecule has 16 heavy (non-hydrogen) atoms. The SMILES string of the molecule is Cc1nc(CNC(=O)CCCCO)oc1C. The van der Waals surface area contributed by atoms with E-state index in [0.29, 0.717) is 31.7 Å². The van der Waals surface area contributed by atoms with Crippen LogP contribution >= 0.6 is 0 Å². The molecule has 0 unspecified atom stereocenters. The molecule has 0 saturated carbocycles. The van der Waals surface area contributed by atoms with Gasteiger partial charge in [0.25, 0.3) is 0 Å². The number of carbonyl (C=O) groups excluding carboxylic acids is 1. The van der Waals surface area contributed by atoms with Crippen molar-refractivity contribution >= 4 is 5.91 Å². The van der Waals surface area contributed by atoms with Gasteiger partial charge < -0.3 is 14.8 Å². The summed E-state index contributed by atoms with van der Waals surface area (Å²) in [6.07, 6.45) is 1.79. The van der Waals surface area contributed by atoms with E-state index in [0.717, 1.165) is 11.5 Å². The predicted octanol–water partition coefficient (Wildman–Crippen LogP) is 1.07. The highest BCUT2D eigenvalue weighted by atomic mass is 16.4. The van der Waals surface area contributed by atoms with Crippen molar-refractivity contribution in [3.05, 3.63) is 17.3 Å². The number of aliphatic hydroxyl groups excluding tert-OH is 1. The monoisotopic (exact) mass is 226 g/mol. The molecule has 0 aliphatic rings. The molecule has 0 aliphatic carbocycles. The van der Waals surface area contributed by atoms with Crippen molar-refractivity contribution in [3.63, 3.8) is 0 Å². The Kier molecular flexibility index (Phi) is 4.98. The predicted molar refractivity (Wildman–Crippen MR) is 58.8 cm³/mol. The van der Waals surface area contributed by atoms with Crippen LogP contribution in [0.2, 0.25) is 0 Å². The first-order chi connectivity index (χ1) is 7.63. The number of aliphatic hydroxyl groups is 1. The number of aromatic nitrogens is 1. The summed E-state index contributed by atoms with van der Waals surface area (Å²) in [6, 6.07) is 0. The van der Waals surface area contributed by atoms with Crippen molar-refractivity contribution < 1.29 is 14.3 Å². The van der Waals surface area contributed by atoms with E-state index >= 15 is 0 Å². The van der Waals surface area contributed by atoms with Crippen molar-refractivity contribution in [2.24, 2.45) is 0 Å². The maximum atomic E-state index is 11.3. The van der Waals surface area contributed by atoms with Gasteiger partial charge in [0.05, 0.1) is 12.2 Å². The lowest BCUT2D eigenvalue weighted by molar-refractivity contribution is -0.121. The molecule has 0 fully saturated rings. The number of amides is 1. The van der Waals surface area contributed by atoms with Gasteiger partial charge in [0.15, 0.2) is 0 Å². The van der Waals surface area contributed by atoms with E-state index in [1.54, 1.807) is 0 Å². The highest BCUT2D eigenvalue weighted by Gasteiger charge is 2.07. The maximum Gasteiger partial charge on any atom is 0.220 e. The highest BCUT2D eigenvalue weighted by molar-refractivity contribution is 5.75. The molecule has 2 N–H and O–H groups in total. The summed E-state index contributed by atoms with van der Waals surface area (Å²) < 4.78 is 5.32. The highest BCUT2D eigenvalue weighted by Crippen LogP contribution is 2.07. The number of carbonyl (C=O) groups is 1. The summed E-state index contributed by atoms with van der Waals surface area (Å²) >= 11 is 0. The van der Waals surface area contributed by atoms with Crippen LogP contribution < -0.4 is 5.32 Å². The molecule has 1 heterocycles. The second kappa shape index (κ2) is 6.27. The first-order valence-electron chi connectivity index (χ1n) is 5.44. The molecule has 5 nitrogen and oxygen atoms in total. The van der Waals surface area contributed by atoms with Crippen molar-refractivity contribution in [2.45, 2.75) is 39.7 Å². The molecule has 1 aromatic heterocycles. The van der Waals surface area contributed by atoms with E-state index in [2.05, 4.69) is 10.3 Å². The zero-order chi connectivity index (χ0) is 12.0. The van der Waals surface area contributed by atoms with Gasteiger partial charge >= 0.3 is 0 Å². The Morgan fingerprint density at radius 1 is 1.44 bits per heavy atom. The van der Waals surface area contributed by atoms with Crippen molar-refractivity contribution in [2.75, 3.05) is 6.61 Å². The molecule has 5 heteroatoms. The molecule has 1 aromatic rings. The van der Waals surface area contributed by atoms with Gasteiger partial charge in [-0.25, -0.2) is 4.98 Å². The topological polar surface area (TPSA) is 75.4 Å². The van der Waals surface area contributed by atoms with Gasteiger partial charge in [-0.3, -0.25) is 4.79 Å². The van der Waals surface area contributed by atoms with Gasteiger partial charge in [-0.05, 0) is 26.7 Å². The molecule has 0 saturated heterocycles. The lowest BCUT2D eigenvalue weighted by atomic mass is 10.2. The van der Waals surface area contributed by atoms with E-state index in [4.69, 9.17) is 9.52 Å². The molecular weight excluding hydrogens is 208 g/mol. The first kappa shape index (κ1) is 12.7. The third-order valence-corrected chi connectivity index (χ3v) is 2.32. The van der Waals surface area contributed by atoms with Crippen LogP contribution in [0, 0.1) is 13.8 Å². The van der Waals surface area contributed by atoms with E-state index in [9.17, 15) is 4.79 Å². The molecule has 0 atom stereocenters. The molecule has 0 aromatic carbocycles. The summed E-state index contributed by atoms with van der Waals surface area (Å²) in [7, 11) is 0. The number of hydrogen-bond donors (Lipinski definition) is 2. The Morgan fingerprint density at radius 3 is 2.75 bits per heavy atom. The van der Waals surface area contributed by atoms with Crippen LogP contribution in [0.3, 0.4) is 0 Å². The smallest absolute Gasteiger partial charge is 0.220 e. The molecule has 0 bridgehead atoms. The molecular formula is C11H18N2O3. The van der Waals surface area contributed by atoms with Crippen LogP contribution in [0.25, 0.3) is 0 Å². The lowest BCUT2D eigenvalue weighted by Crippen LogP contribution is -2.22. The fourth-order valence-electron chi connectivity index (χ4n) is 1.27. The number of oxazole rings is 1. The van der Waals surface area contributed by atoms with Crippen LogP contribution in [-0.2, 0) is 11.3 Å². The number of rotatable bonds is 6. The summed E-state index contributed by atoms with van der Waals surface area (Å²) in [5, 5.41) is 11.3. The third kappa shape index (κ3) is 4.02. The third-order valence-electron chi connectivity index (χ3n) is 2.32. The number of hydrogen-bond acceptors (Lipinski definition) is 4. The quantitative estimate of drug-likeness (QED) is 0.711. The van der Waals surface area contributed by atoms with Gasteiger partial charge in [-0.15, -0.1) is 0 Å². The minimum absolute atomic E-state index is 0.0399. The lowest BCUT2D eigenvalue weighted by Gasteiger charge is -2.01. The van der Waals surface area contributed by atoms with Crippen LogP contribution in [0.1, 0.15) is 36.6 Å². The number of nitrogens with one attached hydrogen (secondary N) is 1. The van der Waals surface area contributed by atoms with E-state index in [1.165, 1.54) is 0 Å². The molecule has 0 radical (unpaired) electrons. The molecule has 90 valence electrons. The average Bonchev–Trinajstić information content (AvgIpc) is 2.56. The Hall–Kier alpha value is -1.36. The Bertz CT molecular complexity index is 327. The second-order valence-electron chi connectivity index (χ2n) is 3.71. The minimum Gasteiger partial charge on any atom is -0.444 e. The van der Waals surface area contributed by atoms with Crippen molar-refractivity contribution in [1.82, 2.24) is 10.3 Å². The summed E-state index contributed by atoms with van der Waals surface area (Å²) in [4.78, 5) is 15.5. The Morgan fingerprint density at radius 2 is 2.19 bits per heavy atom. The first-order valence-corrected chi connectivity index (χ1v) is 5.44. The van der Waals surface area contributed by atoms with Gasteiger partial charge in [0.1, 0.15) is 5.76 Å². The number of unbranched alkanes of at least 4 members (excludes halogenated alkanes) is 1. The van der Waals surface area contributed by atoms with Gasteiger partial charge in [-0.2, -0.15) is 0 Å². The molecule has 0 aliphatic heterocycles. The van der Waals surface area contributed by atoms with Gasteiger partial charge in [-0.1, -0.05) is 0 Å². The summed E-state index contributed by atoms with van der Waals surface area (Å²) in [5.41, 5.74) is 0.851. The summed E-state index contributed by atoms with van der Waals surface area (Å²) in [6.45, 7) is 4.17. The van der Waals surface area contributed by atoms with Crippen LogP contribution in [0.5, 0.6) is 0 Å². The minimum atomic E-state index is -0.0399. The zero-order valence-electron chi connectivity index (χ0n) is 9.75. The fraction of sp³-hybridized carbons (Fsp3) is 0.636. The largest absolute Gasteiger partial charge is 0.444 e. The van der Waals surface area contributed by atoms with Gasteiger partial charge in [0.2, 0.25) is 11.8 Å². The van der Waals surface area contributed by atoms with Crippen molar-refractivity contribution in [3.8, 4) is 0 Å². The van der Waals surface area contributed by atoms with E-state index in [1.807, 2.05) is 13.8 Å². The van der Waals surface area contributed by atoms with Crippen molar-refractivity contribution in [1.29, 1.82) is 0 Å². The standard InChI is InChI=1S/C11H18N2O3/c1-8-9(2)16-11(13-8)7-12-10(15)5-3-4-6-14/h14H,3-7H2,1-2H3,(H,12,15). The fourth-order valence-corrected chi connectivity index (χ4v) is 1.27. The number of aryl methyl sites for hydroxylation is 2. The second-order valence-corrected chi connectivity index (χ2v) is 3.71. The molecule has 1 amide bonds. The maximum absolute atomic E-state index is 11.3.